The van der Waals surface area contributed by atoms with E-state index in [-0.39, 0.29) is 35.1 Å². The van der Waals surface area contributed by atoms with Crippen molar-refractivity contribution >= 4 is 40.1 Å². The number of ether oxygens (including phenoxy) is 1. The smallest absolute Gasteiger partial charge is 0.545 e. The van der Waals surface area contributed by atoms with Gasteiger partial charge in [0.25, 0.3) is 0 Å². The molecule has 158 valence electrons. The summed E-state index contributed by atoms with van der Waals surface area (Å²) < 4.78 is 8.14. The number of hydrogen-bond donors (Lipinski definition) is 0. The molecule has 0 radical (unpaired) electrons. The standard InChI is InChI=1S/C25H21Cl2NO3.Na/c1-2-16-12-19(26)7-6-17(16)15-31-24-9-8-20(27)13-18(24)14-28-11-10-21-22(25(29)30)4-3-5-23(21)28;/h3-13H,2,14-15H2,1H3,(H,29,30);/q;+1/p-1. The maximum absolute atomic E-state index is 11.4. The molecule has 32 heavy (non-hydrogen) atoms. The molecule has 0 saturated heterocycles. The zero-order valence-electron chi connectivity index (χ0n) is 17.9. The van der Waals surface area contributed by atoms with Gasteiger partial charge in [0.15, 0.2) is 0 Å². The fraction of sp³-hybridized carbons (Fsp3) is 0.160. The van der Waals surface area contributed by atoms with E-state index in [0.717, 1.165) is 34.4 Å². The number of hydrogen-bond acceptors (Lipinski definition) is 3. The normalized spacial score (nSPS) is 10.7. The fourth-order valence-electron chi connectivity index (χ4n) is 3.76. The Bertz CT molecular complexity index is 1270. The van der Waals surface area contributed by atoms with Crippen molar-refractivity contribution in [2.75, 3.05) is 0 Å². The van der Waals surface area contributed by atoms with Gasteiger partial charge in [-0.2, -0.15) is 0 Å². The molecule has 0 spiro atoms. The number of carbonyl (C=O) groups is 1. The molecule has 1 heterocycles. The van der Waals surface area contributed by atoms with Gasteiger partial charge in [0.1, 0.15) is 12.4 Å². The third kappa shape index (κ3) is 5.33. The van der Waals surface area contributed by atoms with E-state index in [1.54, 1.807) is 24.3 Å². The van der Waals surface area contributed by atoms with E-state index < -0.39 is 5.97 Å². The Kier molecular flexibility index (Phi) is 8.32. The van der Waals surface area contributed by atoms with Crippen LogP contribution in [0.25, 0.3) is 10.9 Å². The monoisotopic (exact) mass is 475 g/mol. The van der Waals surface area contributed by atoms with Crippen LogP contribution in [0.2, 0.25) is 10.0 Å². The van der Waals surface area contributed by atoms with Gasteiger partial charge in [0, 0.05) is 38.3 Å². The van der Waals surface area contributed by atoms with E-state index in [2.05, 4.69) is 6.92 Å². The largest absolute Gasteiger partial charge is 1.00 e. The summed E-state index contributed by atoms with van der Waals surface area (Å²) in [5.41, 5.74) is 4.11. The molecule has 7 heteroatoms. The molecule has 0 aliphatic carbocycles. The molecule has 4 nitrogen and oxygen atoms in total. The van der Waals surface area contributed by atoms with Crippen molar-refractivity contribution in [1.82, 2.24) is 4.57 Å². The summed E-state index contributed by atoms with van der Waals surface area (Å²) in [7, 11) is 0. The number of carbonyl (C=O) groups excluding carboxylic acids is 1. The Hall–Kier alpha value is -1.95. The van der Waals surface area contributed by atoms with Gasteiger partial charge in [0.2, 0.25) is 0 Å². The van der Waals surface area contributed by atoms with Gasteiger partial charge in [-0.1, -0.05) is 48.3 Å². The van der Waals surface area contributed by atoms with Crippen molar-refractivity contribution in [2.45, 2.75) is 26.5 Å². The maximum Gasteiger partial charge on any atom is 1.00 e. The van der Waals surface area contributed by atoms with Gasteiger partial charge < -0.3 is 19.2 Å². The fourth-order valence-corrected chi connectivity index (χ4v) is 4.14. The topological polar surface area (TPSA) is 54.3 Å². The number of carboxylic acid groups (broad SMARTS) is 1. The van der Waals surface area contributed by atoms with Gasteiger partial charge in [0.05, 0.1) is 12.5 Å². The number of benzene rings is 3. The molecule has 0 saturated carbocycles. The summed E-state index contributed by atoms with van der Waals surface area (Å²) >= 11 is 12.4. The van der Waals surface area contributed by atoms with Crippen LogP contribution in [0.5, 0.6) is 5.75 Å². The third-order valence-electron chi connectivity index (χ3n) is 5.33. The minimum atomic E-state index is -1.19. The van der Waals surface area contributed by atoms with Crippen LogP contribution in [0.1, 0.15) is 34.0 Å². The number of nitrogens with zero attached hydrogens (tertiary/aromatic N) is 1. The number of aryl methyl sites for hydroxylation is 1. The predicted octanol–water partition coefficient (Wildman–Crippen LogP) is 2.51. The van der Waals surface area contributed by atoms with Crippen LogP contribution in [0, 0.1) is 0 Å². The van der Waals surface area contributed by atoms with Crippen molar-refractivity contribution in [3.05, 3.63) is 99.2 Å². The van der Waals surface area contributed by atoms with E-state index in [9.17, 15) is 9.90 Å². The summed E-state index contributed by atoms with van der Waals surface area (Å²) in [5, 5.41) is 13.4. The van der Waals surface area contributed by atoms with Crippen molar-refractivity contribution < 1.29 is 44.2 Å². The Morgan fingerprint density at radius 3 is 2.41 bits per heavy atom. The van der Waals surface area contributed by atoms with Crippen LogP contribution in [-0.2, 0) is 19.6 Å². The molecule has 0 aliphatic heterocycles. The quantitative estimate of drug-likeness (QED) is 0.386. The summed E-state index contributed by atoms with van der Waals surface area (Å²) in [6.45, 7) is 2.98. The molecule has 1 aromatic heterocycles. The minimum absolute atomic E-state index is 0. The molecule has 0 N–H and O–H groups in total. The molecule has 0 amide bonds. The van der Waals surface area contributed by atoms with E-state index >= 15 is 0 Å². The van der Waals surface area contributed by atoms with Crippen LogP contribution in [0.15, 0.2) is 66.9 Å². The van der Waals surface area contributed by atoms with Crippen molar-refractivity contribution in [1.29, 1.82) is 0 Å². The van der Waals surface area contributed by atoms with Crippen molar-refractivity contribution in [3.8, 4) is 5.75 Å². The second-order valence-electron chi connectivity index (χ2n) is 7.28. The second kappa shape index (κ2) is 10.8. The molecular weight excluding hydrogens is 456 g/mol. The SMILES string of the molecule is CCc1cc(Cl)ccc1COc1ccc(Cl)cc1Cn1ccc2c(C(=O)[O-])cccc21.[Na+]. The summed E-state index contributed by atoms with van der Waals surface area (Å²) in [4.78, 5) is 11.4. The molecule has 0 aliphatic rings. The zero-order chi connectivity index (χ0) is 22.0. The molecule has 3 aromatic carbocycles. The minimum Gasteiger partial charge on any atom is -0.545 e. The molecule has 4 aromatic rings. The first-order valence-corrected chi connectivity index (χ1v) is 10.7. The number of rotatable bonds is 7. The second-order valence-corrected chi connectivity index (χ2v) is 8.15. The van der Waals surface area contributed by atoms with Crippen LogP contribution in [-0.4, -0.2) is 10.5 Å². The molecule has 0 fully saturated rings. The molecule has 0 atom stereocenters. The van der Waals surface area contributed by atoms with E-state index in [1.807, 2.05) is 47.2 Å². The molecule has 0 bridgehead atoms. The van der Waals surface area contributed by atoms with Gasteiger partial charge in [-0.25, -0.2) is 0 Å². The third-order valence-corrected chi connectivity index (χ3v) is 5.80. The Morgan fingerprint density at radius 2 is 1.69 bits per heavy atom. The van der Waals surface area contributed by atoms with E-state index in [1.165, 1.54) is 0 Å². The van der Waals surface area contributed by atoms with Gasteiger partial charge in [-0.15, -0.1) is 0 Å². The molecule has 4 rings (SSSR count). The first-order valence-electron chi connectivity index (χ1n) is 9.94. The maximum atomic E-state index is 11.4. The number of carboxylic acids is 1. The van der Waals surface area contributed by atoms with Crippen molar-refractivity contribution in [3.63, 3.8) is 0 Å². The summed E-state index contributed by atoms with van der Waals surface area (Å²) in [5.74, 6) is -0.468. The van der Waals surface area contributed by atoms with E-state index in [0.29, 0.717) is 28.6 Å². The van der Waals surface area contributed by atoms with Crippen LogP contribution in [0.3, 0.4) is 0 Å². The average molecular weight is 476 g/mol. The molecule has 0 unspecified atom stereocenters. The number of fused-ring (bicyclic) bond motifs is 1. The van der Waals surface area contributed by atoms with Gasteiger partial charge in [-0.3, -0.25) is 0 Å². The average Bonchev–Trinajstić information content (AvgIpc) is 3.16. The first kappa shape index (κ1) is 24.7. The van der Waals surface area contributed by atoms with E-state index in [4.69, 9.17) is 27.9 Å². The van der Waals surface area contributed by atoms with Crippen LogP contribution >= 0.6 is 23.2 Å². The van der Waals surface area contributed by atoms with Crippen LogP contribution < -0.4 is 39.4 Å². The van der Waals surface area contributed by atoms with Crippen LogP contribution in [0.4, 0.5) is 0 Å². The van der Waals surface area contributed by atoms with Gasteiger partial charge >= 0.3 is 29.6 Å². The Morgan fingerprint density at radius 1 is 0.969 bits per heavy atom. The number of aromatic carboxylic acids is 1. The summed E-state index contributed by atoms with van der Waals surface area (Å²) in [6, 6.07) is 18.3. The Labute approximate surface area is 219 Å². The molecular formula is C25H20Cl2NNaO3. The number of aromatic nitrogens is 1. The zero-order valence-corrected chi connectivity index (χ0v) is 21.4. The predicted molar refractivity (Wildman–Crippen MR) is 122 cm³/mol. The first-order chi connectivity index (χ1) is 15.0. The summed E-state index contributed by atoms with van der Waals surface area (Å²) in [6.07, 6.45) is 2.72. The number of halogens is 2. The van der Waals surface area contributed by atoms with Crippen molar-refractivity contribution in [2.24, 2.45) is 0 Å². The van der Waals surface area contributed by atoms with Gasteiger partial charge in [-0.05, 0) is 60.0 Å². The Balaban J connectivity index is 0.00000289.